The summed E-state index contributed by atoms with van der Waals surface area (Å²) in [5.74, 6) is 1.20. The van der Waals surface area contributed by atoms with Crippen LogP contribution in [0, 0.1) is 0 Å². The van der Waals surface area contributed by atoms with Crippen LogP contribution in [0.4, 0.5) is 0 Å². The van der Waals surface area contributed by atoms with E-state index in [1.54, 1.807) is 19.1 Å². The summed E-state index contributed by atoms with van der Waals surface area (Å²) in [6.45, 7) is 2.74. The first-order chi connectivity index (χ1) is 16.0. The normalized spacial score (nSPS) is 14.9. The van der Waals surface area contributed by atoms with Gasteiger partial charge in [0.25, 0.3) is 5.91 Å². The zero-order valence-electron chi connectivity index (χ0n) is 18.8. The maximum atomic E-state index is 13.0. The number of amides is 1. The highest BCUT2D eigenvalue weighted by Gasteiger charge is 2.32. The van der Waals surface area contributed by atoms with E-state index in [1.165, 1.54) is 11.8 Å². The number of para-hydroxylation sites is 1. The van der Waals surface area contributed by atoms with Crippen LogP contribution in [-0.4, -0.2) is 45.7 Å². The summed E-state index contributed by atoms with van der Waals surface area (Å²) in [4.78, 5) is 15.3. The van der Waals surface area contributed by atoms with Gasteiger partial charge < -0.3 is 9.47 Å². The number of benzene rings is 2. The lowest BCUT2D eigenvalue weighted by Crippen LogP contribution is -2.28. The number of rotatable bonds is 8. The van der Waals surface area contributed by atoms with Gasteiger partial charge in [-0.05, 0) is 42.8 Å². The molecule has 1 aromatic heterocycles. The van der Waals surface area contributed by atoms with Crippen molar-refractivity contribution in [1.29, 1.82) is 0 Å². The van der Waals surface area contributed by atoms with Crippen LogP contribution in [0.15, 0.2) is 59.6 Å². The summed E-state index contributed by atoms with van der Waals surface area (Å²) in [5.41, 5.74) is 3.34. The Morgan fingerprint density at radius 3 is 2.55 bits per heavy atom. The van der Waals surface area contributed by atoms with Crippen LogP contribution in [0.2, 0.25) is 0 Å². The lowest BCUT2D eigenvalue weighted by molar-refractivity contribution is -0.122. The maximum absolute atomic E-state index is 13.0. The zero-order chi connectivity index (χ0) is 23.4. The number of ether oxygens (including phenoxy) is 2. The summed E-state index contributed by atoms with van der Waals surface area (Å²) in [6.07, 6.45) is 5.73. The minimum Gasteiger partial charge on any atom is -0.493 e. The maximum Gasteiger partial charge on any atom is 0.266 e. The molecule has 33 heavy (non-hydrogen) atoms. The van der Waals surface area contributed by atoms with Crippen molar-refractivity contribution in [2.75, 3.05) is 20.8 Å². The Kier molecular flexibility index (Phi) is 7.15. The highest BCUT2D eigenvalue weighted by atomic mass is 32.2. The molecule has 1 fully saturated rings. The monoisotopic (exact) mass is 479 g/mol. The molecule has 1 aliphatic heterocycles. The number of methoxy groups -OCH3 is 2. The molecule has 1 aliphatic rings. The molecule has 0 radical (unpaired) electrons. The number of carbonyl (C=O) groups is 1. The number of aromatic nitrogens is 2. The fourth-order valence-electron chi connectivity index (χ4n) is 3.56. The molecule has 1 amide bonds. The van der Waals surface area contributed by atoms with Crippen molar-refractivity contribution in [3.63, 3.8) is 0 Å². The van der Waals surface area contributed by atoms with Crippen LogP contribution in [0.1, 0.15) is 25.3 Å². The summed E-state index contributed by atoms with van der Waals surface area (Å²) >= 11 is 6.81. The van der Waals surface area contributed by atoms with E-state index in [9.17, 15) is 4.79 Å². The van der Waals surface area contributed by atoms with Crippen molar-refractivity contribution >= 4 is 40.3 Å². The standard InChI is InChI=1S/C25H25N3O3S2/c1-4-5-13-27-24(29)22(33-25(27)32)15-18-16-28(19-9-7-6-8-10-19)26-23(18)17-11-12-20(30-2)21(14-17)31-3/h6-12,14-16H,4-5,13H2,1-3H3/b22-15-. The van der Waals surface area contributed by atoms with Crippen molar-refractivity contribution in [3.05, 3.63) is 65.2 Å². The van der Waals surface area contributed by atoms with Crippen LogP contribution in [0.5, 0.6) is 11.5 Å². The number of thioether (sulfide) groups is 1. The smallest absolute Gasteiger partial charge is 0.266 e. The third kappa shape index (κ3) is 4.82. The summed E-state index contributed by atoms with van der Waals surface area (Å²) in [6, 6.07) is 15.5. The lowest BCUT2D eigenvalue weighted by Gasteiger charge is -2.13. The van der Waals surface area contributed by atoms with E-state index in [2.05, 4.69) is 6.92 Å². The van der Waals surface area contributed by atoms with Crippen LogP contribution in [0.25, 0.3) is 23.0 Å². The van der Waals surface area contributed by atoms with E-state index in [0.29, 0.717) is 27.3 Å². The molecule has 170 valence electrons. The van der Waals surface area contributed by atoms with Crippen LogP contribution < -0.4 is 9.47 Å². The zero-order valence-corrected chi connectivity index (χ0v) is 20.4. The van der Waals surface area contributed by atoms with Gasteiger partial charge in [0.15, 0.2) is 11.5 Å². The average molecular weight is 480 g/mol. The predicted octanol–water partition coefficient (Wildman–Crippen LogP) is 5.56. The Morgan fingerprint density at radius 2 is 1.85 bits per heavy atom. The Labute approximate surface area is 203 Å². The fraction of sp³-hybridized carbons (Fsp3) is 0.240. The molecule has 0 bridgehead atoms. The van der Waals surface area contributed by atoms with Crippen molar-refractivity contribution in [3.8, 4) is 28.4 Å². The summed E-state index contributed by atoms with van der Waals surface area (Å²) < 4.78 is 13.3. The molecule has 0 saturated carbocycles. The van der Waals surface area contributed by atoms with Gasteiger partial charge in [0, 0.05) is 23.9 Å². The van der Waals surface area contributed by atoms with Crippen LogP contribution in [0.3, 0.4) is 0 Å². The molecule has 1 saturated heterocycles. The van der Waals surface area contributed by atoms with E-state index in [1.807, 2.05) is 65.5 Å². The first-order valence-electron chi connectivity index (χ1n) is 10.7. The Morgan fingerprint density at radius 1 is 1.09 bits per heavy atom. The number of hydrogen-bond donors (Lipinski definition) is 0. The minimum atomic E-state index is -0.0517. The Balaban J connectivity index is 1.79. The third-order valence-corrected chi connectivity index (χ3v) is 6.69. The van der Waals surface area contributed by atoms with Crippen molar-refractivity contribution in [2.45, 2.75) is 19.8 Å². The molecule has 2 heterocycles. The molecule has 0 N–H and O–H groups in total. The summed E-state index contributed by atoms with van der Waals surface area (Å²) in [7, 11) is 3.21. The van der Waals surface area contributed by atoms with E-state index in [4.69, 9.17) is 26.8 Å². The topological polar surface area (TPSA) is 56.6 Å². The number of unbranched alkanes of at least 4 members (excludes halogenated alkanes) is 1. The lowest BCUT2D eigenvalue weighted by atomic mass is 10.1. The Hall–Kier alpha value is -3.10. The van der Waals surface area contributed by atoms with Crippen molar-refractivity contribution in [2.24, 2.45) is 0 Å². The number of carbonyl (C=O) groups excluding carboxylic acids is 1. The molecule has 0 aliphatic carbocycles. The van der Waals surface area contributed by atoms with Gasteiger partial charge in [-0.2, -0.15) is 5.10 Å². The largest absolute Gasteiger partial charge is 0.493 e. The van der Waals surface area contributed by atoms with Gasteiger partial charge >= 0.3 is 0 Å². The SMILES string of the molecule is CCCCN1C(=O)/C(=C/c2cn(-c3ccccc3)nc2-c2ccc(OC)c(OC)c2)SC1=S. The molecular weight excluding hydrogens is 454 g/mol. The van der Waals surface area contributed by atoms with Crippen molar-refractivity contribution in [1.82, 2.24) is 14.7 Å². The highest BCUT2D eigenvalue weighted by molar-refractivity contribution is 8.26. The van der Waals surface area contributed by atoms with Gasteiger partial charge in [-0.25, -0.2) is 4.68 Å². The second-order valence-electron chi connectivity index (χ2n) is 7.47. The predicted molar refractivity (Wildman–Crippen MR) is 137 cm³/mol. The molecule has 6 nitrogen and oxygen atoms in total. The highest BCUT2D eigenvalue weighted by Crippen LogP contribution is 2.37. The molecule has 0 atom stereocenters. The van der Waals surface area contributed by atoms with E-state index < -0.39 is 0 Å². The molecule has 0 unspecified atom stereocenters. The molecule has 8 heteroatoms. The van der Waals surface area contributed by atoms with Gasteiger partial charge in [0.2, 0.25) is 0 Å². The Bertz CT molecular complexity index is 1200. The first kappa shape index (κ1) is 23.1. The molecule has 3 aromatic rings. The second kappa shape index (κ2) is 10.2. The van der Waals surface area contributed by atoms with E-state index >= 15 is 0 Å². The average Bonchev–Trinajstić information content (AvgIpc) is 3.38. The van der Waals surface area contributed by atoms with Gasteiger partial charge in [0.1, 0.15) is 10.0 Å². The number of nitrogens with zero attached hydrogens (tertiary/aromatic N) is 3. The molecule has 0 spiro atoms. The number of thiocarbonyl (C=S) groups is 1. The second-order valence-corrected chi connectivity index (χ2v) is 9.15. The van der Waals surface area contributed by atoms with Gasteiger partial charge in [-0.15, -0.1) is 0 Å². The summed E-state index contributed by atoms with van der Waals surface area (Å²) in [5, 5.41) is 4.85. The third-order valence-electron chi connectivity index (χ3n) is 5.32. The van der Waals surface area contributed by atoms with E-state index in [0.717, 1.165) is 35.3 Å². The van der Waals surface area contributed by atoms with E-state index in [-0.39, 0.29) is 5.91 Å². The minimum absolute atomic E-state index is 0.0517. The van der Waals surface area contributed by atoms with Gasteiger partial charge in [-0.3, -0.25) is 9.69 Å². The first-order valence-corrected chi connectivity index (χ1v) is 11.9. The molecule has 2 aromatic carbocycles. The van der Waals surface area contributed by atoms with Crippen LogP contribution >= 0.6 is 24.0 Å². The molecule has 4 rings (SSSR count). The number of hydrogen-bond acceptors (Lipinski definition) is 6. The van der Waals surface area contributed by atoms with Gasteiger partial charge in [-0.1, -0.05) is 55.5 Å². The van der Waals surface area contributed by atoms with Crippen LogP contribution in [-0.2, 0) is 4.79 Å². The van der Waals surface area contributed by atoms with Gasteiger partial charge in [0.05, 0.1) is 24.8 Å². The van der Waals surface area contributed by atoms with Crippen molar-refractivity contribution < 1.29 is 14.3 Å². The quantitative estimate of drug-likeness (QED) is 0.312. The fourth-order valence-corrected chi connectivity index (χ4v) is 4.86. The molecular formula is C25H25N3O3S2.